The quantitative estimate of drug-likeness (QED) is 0.657. The number of hydrogen-bond acceptors (Lipinski definition) is 6. The van der Waals surface area contributed by atoms with Gasteiger partial charge in [0, 0.05) is 0 Å². The average Bonchev–Trinajstić information content (AvgIpc) is 2.56. The molecule has 2 aromatic rings. The molecule has 0 heterocycles. The van der Waals surface area contributed by atoms with E-state index in [0.717, 1.165) is 0 Å². The van der Waals surface area contributed by atoms with Crippen LogP contribution in [0.25, 0.3) is 0 Å². The second-order valence-electron chi connectivity index (χ2n) is 3.72. The van der Waals surface area contributed by atoms with Gasteiger partial charge < -0.3 is 9.99 Å². The molecule has 2 aromatic carbocycles. The Hall–Kier alpha value is -2.61. The highest BCUT2D eigenvalue weighted by atomic mass is 35.5. The van der Waals surface area contributed by atoms with Crippen LogP contribution in [0.4, 0.5) is 0 Å². The van der Waals surface area contributed by atoms with Gasteiger partial charge in [0.05, 0.1) is 11.1 Å². The normalized spacial score (nSPS) is 9.18. The molecule has 0 fully saturated rings. The van der Waals surface area contributed by atoms with Crippen molar-refractivity contribution in [2.75, 3.05) is 0 Å². The predicted molar refractivity (Wildman–Crippen MR) is 75.5 cm³/mol. The number of carbonyl (C=O) groups excluding carboxylic acids is 1. The summed E-state index contributed by atoms with van der Waals surface area (Å²) < 4.78 is 3.84. The first-order valence-electron chi connectivity index (χ1n) is 5.78. The maximum Gasteiger partial charge on any atom is 0.372 e. The van der Waals surface area contributed by atoms with E-state index in [0.29, 0.717) is 5.56 Å². The zero-order chi connectivity index (χ0) is 16.4. The fourth-order valence-electron chi connectivity index (χ4n) is 1.34. The van der Waals surface area contributed by atoms with Gasteiger partial charge in [-0.15, -0.1) is 0 Å². The maximum atomic E-state index is 10.5. The first kappa shape index (κ1) is 17.4. The predicted octanol–water partition coefficient (Wildman–Crippen LogP) is 3.17. The van der Waals surface area contributed by atoms with Gasteiger partial charge in [-0.25, -0.2) is 9.59 Å². The molecule has 0 aliphatic carbocycles. The molecule has 0 aromatic heterocycles. The highest BCUT2D eigenvalue weighted by molar-refractivity contribution is 6.06. The van der Waals surface area contributed by atoms with Crippen molar-refractivity contribution in [1.82, 2.24) is 0 Å². The summed E-state index contributed by atoms with van der Waals surface area (Å²) in [6, 6.07) is 14.0. The summed E-state index contributed by atoms with van der Waals surface area (Å²) in [5.74, 6) is -1.53. The van der Waals surface area contributed by atoms with Gasteiger partial charge in [-0.1, -0.05) is 28.7 Å². The third-order valence-electron chi connectivity index (χ3n) is 2.30. The van der Waals surface area contributed by atoms with Crippen molar-refractivity contribution < 1.29 is 34.2 Å². The Labute approximate surface area is 130 Å². The molecule has 0 bridgehead atoms. The van der Waals surface area contributed by atoms with Gasteiger partial charge in [0.1, 0.15) is 11.9 Å². The first-order chi connectivity index (χ1) is 10.6. The van der Waals surface area contributed by atoms with Gasteiger partial charge >= 0.3 is 11.9 Å². The maximum absolute atomic E-state index is 10.5. The standard InChI is InChI=1S/C7H5ClO4.C7H6O3/c8-12-11-6-3-1-2-5(4-6)7(9)10;8-7(10-9)6-4-2-1-3-5-6/h1-4H,(H,9,10);1-5,9H. The van der Waals surface area contributed by atoms with Gasteiger partial charge in [-0.2, -0.15) is 5.26 Å². The summed E-state index contributed by atoms with van der Waals surface area (Å²) in [7, 11) is 0. The zero-order valence-corrected chi connectivity index (χ0v) is 11.8. The van der Waals surface area contributed by atoms with Crippen LogP contribution in [0, 0.1) is 0 Å². The minimum absolute atomic E-state index is 0.112. The molecule has 0 unspecified atom stereocenters. The minimum atomic E-state index is -1.03. The number of benzene rings is 2. The first-order valence-corrected chi connectivity index (χ1v) is 6.08. The second kappa shape index (κ2) is 9.35. The molecule has 7 nitrogen and oxygen atoms in total. The van der Waals surface area contributed by atoms with Crippen LogP contribution in [0.3, 0.4) is 0 Å². The molecule has 0 radical (unpaired) electrons. The number of rotatable bonds is 4. The molecule has 116 valence electrons. The zero-order valence-electron chi connectivity index (χ0n) is 11.0. The van der Waals surface area contributed by atoms with Crippen LogP contribution in [-0.2, 0) is 9.33 Å². The molecular weight excluding hydrogens is 316 g/mol. The monoisotopic (exact) mass is 326 g/mol. The van der Waals surface area contributed by atoms with E-state index in [4.69, 9.17) is 22.2 Å². The molecule has 2 rings (SSSR count). The largest absolute Gasteiger partial charge is 0.478 e. The summed E-state index contributed by atoms with van der Waals surface area (Å²) in [6.07, 6.45) is 0. The summed E-state index contributed by atoms with van der Waals surface area (Å²) >= 11 is 4.80. The van der Waals surface area contributed by atoms with E-state index in [1.807, 2.05) is 0 Å². The van der Waals surface area contributed by atoms with Crippen molar-refractivity contribution in [3.8, 4) is 5.75 Å². The molecular formula is C14H11ClO7. The average molecular weight is 327 g/mol. The molecule has 0 amide bonds. The smallest absolute Gasteiger partial charge is 0.372 e. The van der Waals surface area contributed by atoms with E-state index in [1.54, 1.807) is 30.3 Å². The van der Waals surface area contributed by atoms with Crippen molar-refractivity contribution >= 4 is 23.8 Å². The van der Waals surface area contributed by atoms with Crippen molar-refractivity contribution in [3.05, 3.63) is 65.7 Å². The Morgan fingerprint density at radius 1 is 0.955 bits per heavy atom. The fraction of sp³-hybridized carbons (Fsp3) is 0. The SMILES string of the molecule is O=C(O)c1cccc(OOCl)c1.O=C(OO)c1ccccc1. The molecule has 0 atom stereocenters. The second-order valence-corrected chi connectivity index (χ2v) is 3.85. The van der Waals surface area contributed by atoms with Gasteiger partial charge in [0.15, 0.2) is 5.75 Å². The number of carbonyl (C=O) groups is 2. The lowest BCUT2D eigenvalue weighted by molar-refractivity contribution is -0.182. The molecule has 8 heteroatoms. The molecule has 0 spiro atoms. The van der Waals surface area contributed by atoms with Crippen LogP contribution in [0.2, 0.25) is 0 Å². The number of carboxylic acid groups (broad SMARTS) is 1. The van der Waals surface area contributed by atoms with Gasteiger partial charge in [-0.3, -0.25) is 4.89 Å². The molecule has 2 N–H and O–H groups in total. The molecule has 0 saturated carbocycles. The van der Waals surface area contributed by atoms with E-state index < -0.39 is 11.9 Å². The fourth-order valence-corrected chi connectivity index (χ4v) is 1.42. The molecule has 0 aliphatic heterocycles. The van der Waals surface area contributed by atoms with Crippen LogP contribution in [0.15, 0.2) is 54.6 Å². The number of hydrogen-bond donors (Lipinski definition) is 2. The van der Waals surface area contributed by atoms with E-state index in [9.17, 15) is 9.59 Å². The van der Waals surface area contributed by atoms with Crippen LogP contribution >= 0.6 is 11.9 Å². The number of carboxylic acids is 1. The van der Waals surface area contributed by atoms with Gasteiger partial charge in [-0.05, 0) is 30.3 Å². The topological polar surface area (TPSA) is 102 Å². The van der Waals surface area contributed by atoms with Crippen LogP contribution in [-0.4, -0.2) is 22.3 Å². The number of aromatic carboxylic acids is 1. The lowest BCUT2D eigenvalue weighted by Crippen LogP contribution is -2.00. The Kier molecular flexibility index (Phi) is 7.41. The van der Waals surface area contributed by atoms with Gasteiger partial charge in [0.2, 0.25) is 0 Å². The minimum Gasteiger partial charge on any atom is -0.478 e. The van der Waals surface area contributed by atoms with Crippen molar-refractivity contribution in [2.24, 2.45) is 0 Å². The van der Waals surface area contributed by atoms with E-state index in [1.165, 1.54) is 24.3 Å². The lowest BCUT2D eigenvalue weighted by Gasteiger charge is -1.98. The number of halogens is 1. The Balaban J connectivity index is 0.000000224. The summed E-state index contributed by atoms with van der Waals surface area (Å²) in [4.78, 5) is 28.9. The highest BCUT2D eigenvalue weighted by Crippen LogP contribution is 2.13. The van der Waals surface area contributed by atoms with Crippen molar-refractivity contribution in [2.45, 2.75) is 0 Å². The molecule has 0 aliphatic rings. The summed E-state index contributed by atoms with van der Waals surface area (Å²) in [5, 5.41) is 16.5. The van der Waals surface area contributed by atoms with Crippen LogP contribution < -0.4 is 4.89 Å². The summed E-state index contributed by atoms with van der Waals surface area (Å²) in [5.41, 5.74) is 0.450. The van der Waals surface area contributed by atoms with Crippen molar-refractivity contribution in [1.29, 1.82) is 0 Å². The van der Waals surface area contributed by atoms with E-state index in [2.05, 4.69) is 14.2 Å². The third-order valence-corrected chi connectivity index (χ3v) is 2.36. The van der Waals surface area contributed by atoms with E-state index in [-0.39, 0.29) is 11.3 Å². The van der Waals surface area contributed by atoms with Crippen LogP contribution in [0.5, 0.6) is 5.75 Å². The van der Waals surface area contributed by atoms with E-state index >= 15 is 0 Å². The highest BCUT2D eigenvalue weighted by Gasteiger charge is 2.04. The molecule has 0 saturated heterocycles. The Morgan fingerprint density at radius 2 is 1.59 bits per heavy atom. The lowest BCUT2D eigenvalue weighted by atomic mass is 10.2. The summed E-state index contributed by atoms with van der Waals surface area (Å²) in [6.45, 7) is 0. The molecule has 22 heavy (non-hydrogen) atoms. The van der Waals surface area contributed by atoms with Crippen LogP contribution in [0.1, 0.15) is 20.7 Å². The Bertz CT molecular complexity index is 616. The van der Waals surface area contributed by atoms with Crippen molar-refractivity contribution in [3.63, 3.8) is 0 Å². The van der Waals surface area contributed by atoms with Gasteiger partial charge in [0.25, 0.3) is 0 Å². The third kappa shape index (κ3) is 5.80. The Morgan fingerprint density at radius 3 is 2.14 bits per heavy atom.